The van der Waals surface area contributed by atoms with E-state index in [1.54, 1.807) is 19.2 Å². The lowest BCUT2D eigenvalue weighted by atomic mass is 9.62. The van der Waals surface area contributed by atoms with Gasteiger partial charge in [-0.1, -0.05) is 18.6 Å². The summed E-state index contributed by atoms with van der Waals surface area (Å²) >= 11 is 0. The van der Waals surface area contributed by atoms with E-state index in [1.807, 2.05) is 6.07 Å². The molecule has 1 aliphatic heterocycles. The van der Waals surface area contributed by atoms with E-state index in [0.717, 1.165) is 25.9 Å². The molecular formula is C17H24N2O3. The van der Waals surface area contributed by atoms with Gasteiger partial charge in [0, 0.05) is 37.6 Å². The molecular weight excluding hydrogens is 280 g/mol. The molecule has 1 heterocycles. The van der Waals surface area contributed by atoms with Crippen molar-refractivity contribution < 1.29 is 14.6 Å². The van der Waals surface area contributed by atoms with Crippen molar-refractivity contribution in [1.82, 2.24) is 4.90 Å². The number of para-hydroxylation sites is 1. The minimum Gasteiger partial charge on any atom is -0.507 e. The zero-order chi connectivity index (χ0) is 15.9. The van der Waals surface area contributed by atoms with Gasteiger partial charge in [-0.3, -0.25) is 4.79 Å². The predicted octanol–water partition coefficient (Wildman–Crippen LogP) is 1.69. The van der Waals surface area contributed by atoms with Crippen molar-refractivity contribution in [2.75, 3.05) is 27.2 Å². The highest BCUT2D eigenvalue weighted by Crippen LogP contribution is 2.53. The number of methoxy groups -OCH3 is 1. The van der Waals surface area contributed by atoms with Crippen LogP contribution < -0.4 is 5.73 Å². The van der Waals surface area contributed by atoms with Crippen molar-refractivity contribution in [3.05, 3.63) is 29.3 Å². The number of likely N-dealkylation sites (tertiary alicyclic amines) is 1. The minimum absolute atomic E-state index is 0.0155. The summed E-state index contributed by atoms with van der Waals surface area (Å²) in [5, 5.41) is 10.6. The van der Waals surface area contributed by atoms with Crippen LogP contribution >= 0.6 is 0 Å². The molecule has 0 radical (unpaired) electrons. The molecule has 1 unspecified atom stereocenters. The minimum atomic E-state index is -0.608. The van der Waals surface area contributed by atoms with Crippen molar-refractivity contribution >= 4 is 5.91 Å². The Labute approximate surface area is 131 Å². The van der Waals surface area contributed by atoms with Crippen LogP contribution in [0.1, 0.15) is 35.2 Å². The summed E-state index contributed by atoms with van der Waals surface area (Å²) in [4.78, 5) is 13.9. The van der Waals surface area contributed by atoms with E-state index in [0.29, 0.717) is 17.4 Å². The number of carbonyl (C=O) groups is 1. The predicted molar refractivity (Wildman–Crippen MR) is 83.6 cm³/mol. The first-order valence-corrected chi connectivity index (χ1v) is 7.86. The zero-order valence-corrected chi connectivity index (χ0v) is 13.2. The molecule has 1 aromatic carbocycles. The number of carbonyl (C=O) groups excluding carboxylic acids is 1. The van der Waals surface area contributed by atoms with E-state index >= 15 is 0 Å². The number of rotatable bonds is 3. The zero-order valence-electron chi connectivity index (χ0n) is 13.2. The molecule has 120 valence electrons. The lowest BCUT2D eigenvalue weighted by Gasteiger charge is -2.54. The van der Waals surface area contributed by atoms with Crippen LogP contribution in [0.15, 0.2) is 18.2 Å². The molecule has 0 aromatic heterocycles. The Morgan fingerprint density at radius 3 is 2.55 bits per heavy atom. The molecule has 1 saturated carbocycles. The molecule has 3 atom stereocenters. The fourth-order valence-corrected chi connectivity index (χ4v) is 4.59. The summed E-state index contributed by atoms with van der Waals surface area (Å²) in [5.74, 6) is -0.00459. The lowest BCUT2D eigenvalue weighted by Crippen LogP contribution is -2.58. The highest BCUT2D eigenvalue weighted by atomic mass is 16.5. The molecule has 1 aromatic rings. The molecule has 22 heavy (non-hydrogen) atoms. The van der Waals surface area contributed by atoms with Crippen LogP contribution in [0.2, 0.25) is 0 Å². The summed E-state index contributed by atoms with van der Waals surface area (Å²) in [7, 11) is 3.84. The standard InChI is InChI=1S/C17H24N2O3/c1-19-9-11-5-3-6-12(10-19)17(11,22-2)14-8-4-7-13(15(14)20)16(18)21/h4,7-8,11-12,20H,3,5-6,9-10H2,1-2H3,(H2,18,21)/t11-,12+,17?. The summed E-state index contributed by atoms with van der Waals surface area (Å²) < 4.78 is 6.06. The molecule has 2 bridgehead atoms. The number of hydrogen-bond acceptors (Lipinski definition) is 4. The Hall–Kier alpha value is -1.59. The van der Waals surface area contributed by atoms with Crippen molar-refractivity contribution in [3.63, 3.8) is 0 Å². The third-order valence-corrected chi connectivity index (χ3v) is 5.44. The molecule has 0 spiro atoms. The van der Waals surface area contributed by atoms with Crippen LogP contribution in [0.3, 0.4) is 0 Å². The normalized spacial score (nSPS) is 31.9. The molecule has 1 saturated heterocycles. The van der Waals surface area contributed by atoms with Gasteiger partial charge in [-0.05, 0) is 26.0 Å². The average molecular weight is 304 g/mol. The lowest BCUT2D eigenvalue weighted by molar-refractivity contribution is -0.166. The molecule has 2 fully saturated rings. The second kappa shape index (κ2) is 5.56. The number of nitrogens with two attached hydrogens (primary N) is 1. The summed E-state index contributed by atoms with van der Waals surface area (Å²) in [5.41, 5.74) is 5.75. The van der Waals surface area contributed by atoms with E-state index in [-0.39, 0.29) is 11.3 Å². The van der Waals surface area contributed by atoms with Crippen LogP contribution in [-0.4, -0.2) is 43.2 Å². The number of amides is 1. The number of nitrogens with zero attached hydrogens (tertiary/aromatic N) is 1. The number of piperidine rings is 1. The Bertz CT molecular complexity index is 573. The van der Waals surface area contributed by atoms with Gasteiger partial charge in [0.1, 0.15) is 11.4 Å². The first-order valence-electron chi connectivity index (χ1n) is 7.86. The molecule has 5 nitrogen and oxygen atoms in total. The Morgan fingerprint density at radius 1 is 1.36 bits per heavy atom. The van der Waals surface area contributed by atoms with E-state index in [9.17, 15) is 9.90 Å². The van der Waals surface area contributed by atoms with Gasteiger partial charge in [0.2, 0.25) is 0 Å². The van der Waals surface area contributed by atoms with Gasteiger partial charge in [0.25, 0.3) is 5.91 Å². The molecule has 3 N–H and O–H groups in total. The average Bonchev–Trinajstić information content (AvgIpc) is 2.46. The van der Waals surface area contributed by atoms with Crippen LogP contribution in [0.4, 0.5) is 0 Å². The quantitative estimate of drug-likeness (QED) is 0.891. The van der Waals surface area contributed by atoms with Crippen molar-refractivity contribution in [1.29, 1.82) is 0 Å². The number of ether oxygens (including phenoxy) is 1. The van der Waals surface area contributed by atoms with Gasteiger partial charge in [0.15, 0.2) is 0 Å². The van der Waals surface area contributed by atoms with Crippen LogP contribution in [0.25, 0.3) is 0 Å². The van der Waals surface area contributed by atoms with Gasteiger partial charge >= 0.3 is 0 Å². The largest absolute Gasteiger partial charge is 0.507 e. The molecule has 5 heteroatoms. The third-order valence-electron chi connectivity index (χ3n) is 5.44. The maximum atomic E-state index is 11.6. The Kier molecular flexibility index (Phi) is 3.87. The van der Waals surface area contributed by atoms with Crippen LogP contribution in [0, 0.1) is 11.8 Å². The molecule has 3 rings (SSSR count). The van der Waals surface area contributed by atoms with Gasteiger partial charge < -0.3 is 20.5 Å². The first kappa shape index (κ1) is 15.3. The molecule has 1 amide bonds. The molecule has 2 aliphatic rings. The van der Waals surface area contributed by atoms with Gasteiger partial charge in [-0.25, -0.2) is 0 Å². The maximum Gasteiger partial charge on any atom is 0.252 e. The van der Waals surface area contributed by atoms with Crippen LogP contribution in [-0.2, 0) is 10.3 Å². The first-order chi connectivity index (χ1) is 10.5. The number of phenols is 1. The number of aromatic hydroxyl groups is 1. The number of primary amides is 1. The monoisotopic (exact) mass is 304 g/mol. The fourth-order valence-electron chi connectivity index (χ4n) is 4.59. The van der Waals surface area contributed by atoms with Crippen molar-refractivity contribution in [2.45, 2.75) is 24.9 Å². The van der Waals surface area contributed by atoms with Gasteiger partial charge in [-0.2, -0.15) is 0 Å². The highest BCUT2D eigenvalue weighted by Gasteiger charge is 2.53. The van der Waals surface area contributed by atoms with E-state index in [1.165, 1.54) is 6.42 Å². The molecule has 1 aliphatic carbocycles. The second-order valence-corrected chi connectivity index (χ2v) is 6.61. The maximum absolute atomic E-state index is 11.6. The van der Waals surface area contributed by atoms with Gasteiger partial charge in [-0.15, -0.1) is 0 Å². The Balaban J connectivity index is 2.15. The van der Waals surface area contributed by atoms with E-state index in [4.69, 9.17) is 10.5 Å². The number of hydrogen-bond donors (Lipinski definition) is 2. The second-order valence-electron chi connectivity index (χ2n) is 6.61. The van der Waals surface area contributed by atoms with Gasteiger partial charge in [0.05, 0.1) is 5.56 Å². The Morgan fingerprint density at radius 2 is 2.00 bits per heavy atom. The van der Waals surface area contributed by atoms with Crippen LogP contribution in [0.5, 0.6) is 5.75 Å². The van der Waals surface area contributed by atoms with E-state index in [2.05, 4.69) is 11.9 Å². The fraction of sp³-hybridized carbons (Fsp3) is 0.588. The number of benzene rings is 1. The third kappa shape index (κ3) is 2.11. The van der Waals surface area contributed by atoms with Crippen molar-refractivity contribution in [2.24, 2.45) is 17.6 Å². The summed E-state index contributed by atoms with van der Waals surface area (Å²) in [6.07, 6.45) is 3.31. The number of fused-ring (bicyclic) bond motifs is 2. The smallest absolute Gasteiger partial charge is 0.252 e. The van der Waals surface area contributed by atoms with Crippen molar-refractivity contribution in [3.8, 4) is 5.75 Å². The summed E-state index contributed by atoms with van der Waals surface area (Å²) in [6, 6.07) is 5.22. The summed E-state index contributed by atoms with van der Waals surface area (Å²) in [6.45, 7) is 1.87. The highest BCUT2D eigenvalue weighted by molar-refractivity contribution is 5.96. The van der Waals surface area contributed by atoms with E-state index < -0.39 is 11.5 Å². The topological polar surface area (TPSA) is 75.8 Å². The SMILES string of the molecule is COC1(c2cccc(C(N)=O)c2O)[C@@H]2CCC[C@H]1CN(C)C2.